The Bertz CT molecular complexity index is 435. The fourth-order valence-electron chi connectivity index (χ4n) is 2.72. The van der Waals surface area contributed by atoms with Gasteiger partial charge in [0.1, 0.15) is 12.4 Å². The number of carbonyl (C=O) groups is 2. The molecule has 104 valence electrons. The molecule has 0 unspecified atom stereocenters. The molecule has 0 radical (unpaired) electrons. The van der Waals surface area contributed by atoms with Gasteiger partial charge in [0.2, 0.25) is 0 Å². The van der Waals surface area contributed by atoms with Crippen molar-refractivity contribution in [1.29, 1.82) is 0 Å². The average Bonchev–Trinajstić information content (AvgIpc) is 2.65. The second-order valence-corrected chi connectivity index (χ2v) is 5.45. The molecule has 0 aromatic carbocycles. The van der Waals surface area contributed by atoms with Crippen LogP contribution in [0, 0.1) is 11.8 Å². The first kappa shape index (κ1) is 14.0. The SMILES string of the molecule is C/C1=C\[C@@H]2OC(=O)[C@@H](C)[C@@H]2CC/C(C=O)=C\C[C@@H]1O. The van der Waals surface area contributed by atoms with Crippen LogP contribution in [0.25, 0.3) is 0 Å². The number of rotatable bonds is 1. The van der Waals surface area contributed by atoms with Crippen LogP contribution in [-0.4, -0.2) is 29.6 Å². The number of hydrogen-bond donors (Lipinski definition) is 1. The number of fused-ring (bicyclic) bond motifs is 1. The van der Waals surface area contributed by atoms with Gasteiger partial charge in [-0.25, -0.2) is 0 Å². The first-order valence-electron chi connectivity index (χ1n) is 6.74. The minimum absolute atomic E-state index is 0.0797. The normalized spacial score (nSPS) is 41.3. The van der Waals surface area contributed by atoms with Gasteiger partial charge < -0.3 is 9.84 Å². The van der Waals surface area contributed by atoms with Crippen molar-refractivity contribution in [2.24, 2.45) is 11.8 Å². The van der Waals surface area contributed by atoms with Crippen LogP contribution in [0.5, 0.6) is 0 Å². The van der Waals surface area contributed by atoms with E-state index >= 15 is 0 Å². The van der Waals surface area contributed by atoms with Crippen molar-refractivity contribution < 1.29 is 19.4 Å². The monoisotopic (exact) mass is 264 g/mol. The third-order valence-electron chi connectivity index (χ3n) is 4.16. The fraction of sp³-hybridized carbons (Fsp3) is 0.600. The molecule has 4 atom stereocenters. The molecule has 0 bridgehead atoms. The summed E-state index contributed by atoms with van der Waals surface area (Å²) in [6.45, 7) is 3.69. The van der Waals surface area contributed by atoms with Gasteiger partial charge in [-0.05, 0) is 43.4 Å². The van der Waals surface area contributed by atoms with E-state index in [0.29, 0.717) is 18.4 Å². The number of aliphatic hydroxyl groups excluding tert-OH is 1. The molecule has 0 saturated carbocycles. The average molecular weight is 264 g/mol. The summed E-state index contributed by atoms with van der Waals surface area (Å²) in [5.41, 5.74) is 1.49. The molecule has 0 aromatic rings. The molecule has 1 aliphatic heterocycles. The highest BCUT2D eigenvalue weighted by Gasteiger charge is 2.40. The molecule has 4 heteroatoms. The lowest BCUT2D eigenvalue weighted by atomic mass is 9.84. The summed E-state index contributed by atoms with van der Waals surface area (Å²) in [5, 5.41) is 10.00. The standard InChI is InChI=1S/C15H20O4/c1-9-7-14-12(10(2)15(18)19-14)5-3-11(8-16)4-6-13(9)17/h4,7-8,10,12-14,17H,3,5-6H2,1-2H3/b9-7+,11-4+/t10-,12-,13-,14-/m0/s1. The molecule has 1 saturated heterocycles. The number of carbonyl (C=O) groups excluding carboxylic acids is 2. The van der Waals surface area contributed by atoms with Crippen LogP contribution in [0.4, 0.5) is 0 Å². The molecule has 1 fully saturated rings. The predicted molar refractivity (Wildman–Crippen MR) is 70.3 cm³/mol. The summed E-state index contributed by atoms with van der Waals surface area (Å²) in [7, 11) is 0. The van der Waals surface area contributed by atoms with Crippen molar-refractivity contribution in [1.82, 2.24) is 0 Å². The summed E-state index contributed by atoms with van der Waals surface area (Å²) in [6.07, 6.45) is 5.40. The van der Waals surface area contributed by atoms with E-state index in [0.717, 1.165) is 18.3 Å². The first-order chi connectivity index (χ1) is 9.02. The maximum Gasteiger partial charge on any atom is 0.309 e. The third-order valence-corrected chi connectivity index (χ3v) is 4.16. The fourth-order valence-corrected chi connectivity index (χ4v) is 2.72. The van der Waals surface area contributed by atoms with Crippen molar-refractivity contribution in [3.05, 3.63) is 23.3 Å². The summed E-state index contributed by atoms with van der Waals surface area (Å²) >= 11 is 0. The van der Waals surface area contributed by atoms with E-state index in [1.54, 1.807) is 6.08 Å². The van der Waals surface area contributed by atoms with Crippen LogP contribution in [0.1, 0.15) is 33.1 Å². The van der Waals surface area contributed by atoms with Crippen molar-refractivity contribution in [3.63, 3.8) is 0 Å². The van der Waals surface area contributed by atoms with Gasteiger partial charge in [-0.1, -0.05) is 13.0 Å². The Morgan fingerprint density at radius 2 is 2.21 bits per heavy atom. The highest BCUT2D eigenvalue weighted by atomic mass is 16.6. The van der Waals surface area contributed by atoms with E-state index in [1.807, 2.05) is 19.9 Å². The topological polar surface area (TPSA) is 63.6 Å². The van der Waals surface area contributed by atoms with Gasteiger partial charge in [0, 0.05) is 5.92 Å². The molecule has 0 spiro atoms. The zero-order chi connectivity index (χ0) is 14.0. The summed E-state index contributed by atoms with van der Waals surface area (Å²) in [5.74, 6) is -0.265. The largest absolute Gasteiger partial charge is 0.458 e. The van der Waals surface area contributed by atoms with Crippen molar-refractivity contribution >= 4 is 12.3 Å². The Kier molecular flexibility index (Phi) is 4.20. The van der Waals surface area contributed by atoms with E-state index in [-0.39, 0.29) is 23.9 Å². The second-order valence-electron chi connectivity index (χ2n) is 5.45. The number of aldehydes is 1. The molecule has 0 aromatic heterocycles. The van der Waals surface area contributed by atoms with Crippen molar-refractivity contribution in [2.45, 2.75) is 45.3 Å². The van der Waals surface area contributed by atoms with E-state index in [2.05, 4.69) is 0 Å². The van der Waals surface area contributed by atoms with E-state index < -0.39 is 6.10 Å². The maximum atomic E-state index is 11.7. The maximum absolute atomic E-state index is 11.7. The van der Waals surface area contributed by atoms with Crippen LogP contribution in [0.2, 0.25) is 0 Å². The van der Waals surface area contributed by atoms with Crippen LogP contribution in [-0.2, 0) is 14.3 Å². The highest BCUT2D eigenvalue weighted by molar-refractivity contribution is 5.75. The number of hydrogen-bond acceptors (Lipinski definition) is 4. The Morgan fingerprint density at radius 1 is 1.47 bits per heavy atom. The van der Waals surface area contributed by atoms with Crippen LogP contribution in [0.3, 0.4) is 0 Å². The molecule has 0 amide bonds. The molecule has 1 aliphatic carbocycles. The van der Waals surface area contributed by atoms with Gasteiger partial charge in [-0.2, -0.15) is 0 Å². The smallest absolute Gasteiger partial charge is 0.309 e. The van der Waals surface area contributed by atoms with Crippen molar-refractivity contribution in [2.75, 3.05) is 0 Å². The van der Waals surface area contributed by atoms with Crippen LogP contribution >= 0.6 is 0 Å². The van der Waals surface area contributed by atoms with E-state index in [9.17, 15) is 14.7 Å². The number of ether oxygens (including phenoxy) is 1. The highest BCUT2D eigenvalue weighted by Crippen LogP contribution is 2.35. The second kappa shape index (κ2) is 5.70. The first-order valence-corrected chi connectivity index (χ1v) is 6.74. The number of allylic oxidation sites excluding steroid dienone is 1. The van der Waals surface area contributed by atoms with Crippen LogP contribution in [0.15, 0.2) is 23.3 Å². The van der Waals surface area contributed by atoms with Gasteiger partial charge in [-0.3, -0.25) is 9.59 Å². The lowest BCUT2D eigenvalue weighted by Crippen LogP contribution is -2.21. The molecule has 4 nitrogen and oxygen atoms in total. The zero-order valence-corrected chi connectivity index (χ0v) is 11.3. The van der Waals surface area contributed by atoms with Gasteiger partial charge >= 0.3 is 5.97 Å². The molecule has 19 heavy (non-hydrogen) atoms. The molecule has 1 N–H and O–H groups in total. The van der Waals surface area contributed by atoms with Gasteiger partial charge in [-0.15, -0.1) is 0 Å². The van der Waals surface area contributed by atoms with Gasteiger partial charge in [0.25, 0.3) is 0 Å². The minimum atomic E-state index is -0.622. The van der Waals surface area contributed by atoms with Gasteiger partial charge in [0.05, 0.1) is 12.0 Å². The minimum Gasteiger partial charge on any atom is -0.458 e. The van der Waals surface area contributed by atoms with Crippen LogP contribution < -0.4 is 0 Å². The summed E-state index contributed by atoms with van der Waals surface area (Å²) in [4.78, 5) is 22.7. The van der Waals surface area contributed by atoms with Gasteiger partial charge in [0.15, 0.2) is 0 Å². The lowest BCUT2D eigenvalue weighted by Gasteiger charge is -2.20. The predicted octanol–water partition coefficient (Wildman–Crippen LogP) is 1.78. The number of aliphatic hydroxyl groups is 1. The zero-order valence-electron chi connectivity index (χ0n) is 11.3. The van der Waals surface area contributed by atoms with E-state index in [4.69, 9.17) is 4.74 Å². The Hall–Kier alpha value is -1.42. The Labute approximate surface area is 113 Å². The quantitative estimate of drug-likeness (QED) is 0.445. The molecule has 1 heterocycles. The lowest BCUT2D eigenvalue weighted by molar-refractivity contribution is -0.142. The number of esters is 1. The summed E-state index contributed by atoms with van der Waals surface area (Å²) in [6, 6.07) is 0. The van der Waals surface area contributed by atoms with E-state index in [1.165, 1.54) is 0 Å². The molecule has 2 rings (SSSR count). The Balaban J connectivity index is 2.29. The molecule has 2 aliphatic rings. The summed E-state index contributed by atoms with van der Waals surface area (Å²) < 4.78 is 5.36. The molecular formula is C15H20O4. The molecular weight excluding hydrogens is 244 g/mol. The third kappa shape index (κ3) is 2.95. The van der Waals surface area contributed by atoms with Crippen molar-refractivity contribution in [3.8, 4) is 0 Å². The Morgan fingerprint density at radius 3 is 2.89 bits per heavy atom.